The second kappa shape index (κ2) is 6.82. The smallest absolute Gasteiger partial charge is 0.328 e. The number of anilines is 1. The second-order valence-electron chi connectivity index (χ2n) is 5.40. The van der Waals surface area contributed by atoms with Crippen LogP contribution in [0.1, 0.15) is 21.7 Å². The third-order valence-corrected chi connectivity index (χ3v) is 4.04. The number of nitrogens with zero attached hydrogens (tertiary/aromatic N) is 1. The van der Waals surface area contributed by atoms with Crippen molar-refractivity contribution in [1.82, 2.24) is 9.55 Å². The first-order chi connectivity index (χ1) is 12.0. The van der Waals surface area contributed by atoms with E-state index in [2.05, 4.69) is 10.3 Å². The van der Waals surface area contributed by atoms with Crippen molar-refractivity contribution >= 4 is 23.2 Å². The summed E-state index contributed by atoms with van der Waals surface area (Å²) in [4.78, 5) is 39.2. The van der Waals surface area contributed by atoms with Gasteiger partial charge in [0.2, 0.25) is 0 Å². The normalized spacial score (nSPS) is 10.6. The average Bonchev–Trinajstić information content (AvgIpc) is 3.08. The molecule has 0 saturated heterocycles. The van der Waals surface area contributed by atoms with Crippen LogP contribution < -0.4 is 16.6 Å². The van der Waals surface area contributed by atoms with Gasteiger partial charge in [-0.05, 0) is 36.8 Å². The van der Waals surface area contributed by atoms with Crippen molar-refractivity contribution < 1.29 is 9.21 Å². The van der Waals surface area contributed by atoms with Gasteiger partial charge >= 0.3 is 5.69 Å². The summed E-state index contributed by atoms with van der Waals surface area (Å²) in [6.07, 6.45) is 2.53. The fourth-order valence-corrected chi connectivity index (χ4v) is 2.43. The Morgan fingerprint density at radius 2 is 2.12 bits per heavy atom. The monoisotopic (exact) mass is 359 g/mol. The number of hydrogen-bond donors (Lipinski definition) is 2. The van der Waals surface area contributed by atoms with Gasteiger partial charge in [-0.1, -0.05) is 17.7 Å². The minimum Gasteiger partial charge on any atom is -0.467 e. The van der Waals surface area contributed by atoms with E-state index in [4.69, 9.17) is 16.0 Å². The number of carbonyl (C=O) groups excluding carboxylic acids is 1. The molecule has 8 heteroatoms. The summed E-state index contributed by atoms with van der Waals surface area (Å²) in [6.45, 7) is 1.77. The van der Waals surface area contributed by atoms with Gasteiger partial charge in [0.15, 0.2) is 0 Å². The predicted octanol–water partition coefficient (Wildman–Crippen LogP) is 2.39. The number of H-pyrrole nitrogens is 1. The van der Waals surface area contributed by atoms with E-state index in [0.717, 1.165) is 16.3 Å². The number of carbonyl (C=O) groups is 1. The van der Waals surface area contributed by atoms with Crippen molar-refractivity contribution in [3.63, 3.8) is 0 Å². The third kappa shape index (κ3) is 3.56. The molecule has 0 aliphatic heterocycles. The number of aryl methyl sites for hydroxylation is 1. The first-order valence-electron chi connectivity index (χ1n) is 7.38. The van der Waals surface area contributed by atoms with Crippen molar-refractivity contribution in [2.24, 2.45) is 0 Å². The van der Waals surface area contributed by atoms with Crippen LogP contribution in [0.2, 0.25) is 5.02 Å². The highest BCUT2D eigenvalue weighted by atomic mass is 35.5. The Labute approximate surface area is 146 Å². The van der Waals surface area contributed by atoms with Gasteiger partial charge in [-0.25, -0.2) is 4.79 Å². The van der Waals surface area contributed by atoms with E-state index in [1.165, 1.54) is 6.26 Å². The molecule has 0 saturated carbocycles. The fourth-order valence-electron chi connectivity index (χ4n) is 2.24. The lowest BCUT2D eigenvalue weighted by Crippen LogP contribution is -2.39. The molecule has 0 spiro atoms. The quantitative estimate of drug-likeness (QED) is 0.747. The first-order valence-corrected chi connectivity index (χ1v) is 7.76. The fraction of sp³-hybridized carbons (Fsp3) is 0.118. The molecule has 0 radical (unpaired) electrons. The Morgan fingerprint density at radius 3 is 2.80 bits per heavy atom. The number of hydrogen-bond acceptors (Lipinski definition) is 4. The molecule has 1 amide bonds. The minimum atomic E-state index is -0.712. The number of furan rings is 1. The van der Waals surface area contributed by atoms with Crippen LogP contribution in [0.3, 0.4) is 0 Å². The number of nitrogens with one attached hydrogen (secondary N) is 2. The van der Waals surface area contributed by atoms with Crippen molar-refractivity contribution in [1.29, 1.82) is 0 Å². The van der Waals surface area contributed by atoms with Gasteiger partial charge < -0.3 is 14.7 Å². The summed E-state index contributed by atoms with van der Waals surface area (Å²) >= 11 is 6.03. The Morgan fingerprint density at radius 1 is 1.32 bits per heavy atom. The highest BCUT2D eigenvalue weighted by Gasteiger charge is 2.16. The summed E-state index contributed by atoms with van der Waals surface area (Å²) in [5.74, 6) is -0.218. The summed E-state index contributed by atoms with van der Waals surface area (Å²) in [5, 5.41) is 3.09. The number of aromatic nitrogens is 2. The molecule has 1 aromatic carbocycles. The molecule has 3 aromatic rings. The van der Waals surface area contributed by atoms with E-state index in [9.17, 15) is 14.4 Å². The van der Waals surface area contributed by atoms with E-state index < -0.39 is 17.2 Å². The van der Waals surface area contributed by atoms with Crippen LogP contribution >= 0.6 is 11.6 Å². The zero-order valence-electron chi connectivity index (χ0n) is 13.2. The Hall–Kier alpha value is -3.06. The van der Waals surface area contributed by atoms with Gasteiger partial charge in [0.1, 0.15) is 11.3 Å². The summed E-state index contributed by atoms with van der Waals surface area (Å²) in [6, 6.07) is 8.28. The van der Waals surface area contributed by atoms with Crippen molar-refractivity contribution in [3.8, 4) is 0 Å². The summed E-state index contributed by atoms with van der Waals surface area (Å²) in [7, 11) is 0. The van der Waals surface area contributed by atoms with Crippen LogP contribution in [0.4, 0.5) is 5.69 Å². The zero-order valence-corrected chi connectivity index (χ0v) is 14.0. The lowest BCUT2D eigenvalue weighted by atomic mass is 10.2. The Balaban J connectivity index is 1.91. The molecule has 0 bridgehead atoms. The summed E-state index contributed by atoms with van der Waals surface area (Å²) in [5.41, 5.74) is -0.219. The minimum absolute atomic E-state index is 0.0708. The molecule has 25 heavy (non-hydrogen) atoms. The maximum Gasteiger partial charge on any atom is 0.328 e. The van der Waals surface area contributed by atoms with Crippen LogP contribution in [-0.4, -0.2) is 15.5 Å². The van der Waals surface area contributed by atoms with Gasteiger partial charge in [-0.2, -0.15) is 0 Å². The number of halogens is 1. The maximum atomic E-state index is 12.5. The lowest BCUT2D eigenvalue weighted by molar-refractivity contribution is 0.102. The lowest BCUT2D eigenvalue weighted by Gasteiger charge is -2.08. The Bertz CT molecular complexity index is 1030. The SMILES string of the molecule is Cc1ccc(NC(=O)c2c[nH]c(=O)n(Cc3ccco3)c2=O)cc1Cl. The van der Waals surface area contributed by atoms with Crippen LogP contribution in [0, 0.1) is 6.92 Å². The average molecular weight is 360 g/mol. The van der Waals surface area contributed by atoms with Gasteiger partial charge in [-0.3, -0.25) is 14.2 Å². The van der Waals surface area contributed by atoms with Crippen LogP contribution in [0.5, 0.6) is 0 Å². The number of benzene rings is 1. The van der Waals surface area contributed by atoms with Crippen molar-refractivity contribution in [2.75, 3.05) is 5.32 Å². The van der Waals surface area contributed by atoms with E-state index in [0.29, 0.717) is 16.5 Å². The van der Waals surface area contributed by atoms with Gasteiger partial charge in [0.25, 0.3) is 11.5 Å². The maximum absolute atomic E-state index is 12.5. The van der Waals surface area contributed by atoms with Crippen molar-refractivity contribution in [2.45, 2.75) is 13.5 Å². The molecule has 0 fully saturated rings. The predicted molar refractivity (Wildman–Crippen MR) is 93.3 cm³/mol. The molecule has 0 aliphatic rings. The molecule has 2 N–H and O–H groups in total. The molecular weight excluding hydrogens is 346 g/mol. The molecule has 0 aliphatic carbocycles. The highest BCUT2D eigenvalue weighted by molar-refractivity contribution is 6.31. The third-order valence-electron chi connectivity index (χ3n) is 3.63. The largest absolute Gasteiger partial charge is 0.467 e. The number of amides is 1. The van der Waals surface area contributed by atoms with Crippen molar-refractivity contribution in [3.05, 3.63) is 85.5 Å². The second-order valence-corrected chi connectivity index (χ2v) is 5.80. The Kier molecular flexibility index (Phi) is 4.58. The first kappa shape index (κ1) is 16.8. The van der Waals surface area contributed by atoms with E-state index in [1.54, 1.807) is 30.3 Å². The molecule has 128 valence electrons. The zero-order chi connectivity index (χ0) is 18.0. The molecule has 3 rings (SSSR count). The molecule has 2 aromatic heterocycles. The van der Waals surface area contributed by atoms with Crippen LogP contribution in [0.15, 0.2) is 56.8 Å². The molecule has 0 atom stereocenters. The topological polar surface area (TPSA) is 97.1 Å². The number of rotatable bonds is 4. The molecule has 2 heterocycles. The van der Waals surface area contributed by atoms with E-state index >= 15 is 0 Å². The summed E-state index contributed by atoms with van der Waals surface area (Å²) < 4.78 is 6.04. The molecular formula is C17H14ClN3O4. The van der Waals surface area contributed by atoms with E-state index in [1.807, 2.05) is 6.92 Å². The number of aromatic amines is 1. The standard InChI is InChI=1S/C17H14ClN3O4/c1-10-4-5-11(7-14(10)18)20-15(22)13-8-19-17(24)21(16(13)23)9-12-3-2-6-25-12/h2-8H,9H2,1H3,(H,19,24)(H,20,22). The van der Waals surface area contributed by atoms with Gasteiger partial charge in [0, 0.05) is 16.9 Å². The van der Waals surface area contributed by atoms with E-state index in [-0.39, 0.29) is 12.1 Å². The molecule has 0 unspecified atom stereocenters. The van der Waals surface area contributed by atoms with Crippen LogP contribution in [-0.2, 0) is 6.54 Å². The van der Waals surface area contributed by atoms with Crippen LogP contribution in [0.25, 0.3) is 0 Å². The molecule has 7 nitrogen and oxygen atoms in total. The highest BCUT2D eigenvalue weighted by Crippen LogP contribution is 2.20. The van der Waals surface area contributed by atoms with Gasteiger partial charge in [0.05, 0.1) is 12.8 Å². The van der Waals surface area contributed by atoms with Gasteiger partial charge in [-0.15, -0.1) is 0 Å².